The molecule has 0 aromatic heterocycles. The van der Waals surface area contributed by atoms with Crippen LogP contribution in [0.1, 0.15) is 32.1 Å². The van der Waals surface area contributed by atoms with Crippen molar-refractivity contribution in [3.63, 3.8) is 0 Å². The summed E-state index contributed by atoms with van der Waals surface area (Å²) >= 11 is 0. The van der Waals surface area contributed by atoms with E-state index < -0.39 is 0 Å². The number of amides is 1. The summed E-state index contributed by atoms with van der Waals surface area (Å²) in [7, 11) is 3.98. The second kappa shape index (κ2) is 10.4. The van der Waals surface area contributed by atoms with Crippen LogP contribution in [0.4, 0.5) is 17.1 Å². The highest BCUT2D eigenvalue weighted by atomic mass is 33.1. The van der Waals surface area contributed by atoms with Crippen molar-refractivity contribution in [1.82, 2.24) is 0 Å². The summed E-state index contributed by atoms with van der Waals surface area (Å²) < 4.78 is 0. The maximum Gasteiger partial charge on any atom is 0.224 e. The fourth-order valence-electron chi connectivity index (χ4n) is 2.67. The molecule has 1 aliphatic rings. The van der Waals surface area contributed by atoms with E-state index in [1.807, 2.05) is 76.2 Å². The van der Waals surface area contributed by atoms with E-state index in [-0.39, 0.29) is 5.91 Å². The minimum atomic E-state index is 0.0807. The molecule has 4 nitrogen and oxygen atoms in total. The number of rotatable bonds is 8. The lowest BCUT2D eigenvalue weighted by molar-refractivity contribution is -0.116. The molecular weight excluding hydrogens is 362 g/mol. The average Bonchev–Trinajstić information content (AvgIpc) is 3.19. The minimum Gasteiger partial charge on any atom is -0.326 e. The van der Waals surface area contributed by atoms with Crippen LogP contribution in [0.5, 0.6) is 0 Å². The topological polar surface area (TPSA) is 53.8 Å². The van der Waals surface area contributed by atoms with Gasteiger partial charge in [-0.2, -0.15) is 10.2 Å². The lowest BCUT2D eigenvalue weighted by Crippen LogP contribution is -2.11. The fourth-order valence-corrected chi connectivity index (χ4v) is 5.69. The molecule has 0 radical (unpaired) electrons. The van der Waals surface area contributed by atoms with Gasteiger partial charge >= 0.3 is 0 Å². The first-order chi connectivity index (χ1) is 12.8. The number of anilines is 1. The number of hydrogen-bond donors (Lipinski definition) is 1. The van der Waals surface area contributed by atoms with Crippen LogP contribution in [0.2, 0.25) is 0 Å². The van der Waals surface area contributed by atoms with Gasteiger partial charge in [-0.05, 0) is 55.7 Å². The minimum absolute atomic E-state index is 0.0807. The van der Waals surface area contributed by atoms with Crippen molar-refractivity contribution in [2.75, 3.05) is 11.1 Å². The normalized spacial score (nSPS) is 16.8. The van der Waals surface area contributed by atoms with Crippen molar-refractivity contribution in [3.05, 3.63) is 54.6 Å². The highest BCUT2D eigenvalue weighted by Crippen LogP contribution is 2.39. The van der Waals surface area contributed by atoms with Gasteiger partial charge in [0, 0.05) is 23.1 Å². The molecule has 6 heteroatoms. The van der Waals surface area contributed by atoms with E-state index in [2.05, 4.69) is 15.5 Å². The molecule has 0 aliphatic carbocycles. The van der Waals surface area contributed by atoms with Gasteiger partial charge in [-0.25, -0.2) is 0 Å². The number of hydrogen-bond acceptors (Lipinski definition) is 5. The van der Waals surface area contributed by atoms with Gasteiger partial charge < -0.3 is 5.32 Å². The van der Waals surface area contributed by atoms with Crippen molar-refractivity contribution >= 4 is 44.6 Å². The Labute approximate surface area is 162 Å². The van der Waals surface area contributed by atoms with Gasteiger partial charge in [0.15, 0.2) is 0 Å². The van der Waals surface area contributed by atoms with Crippen LogP contribution >= 0.6 is 21.6 Å². The summed E-state index contributed by atoms with van der Waals surface area (Å²) in [5.74, 6) is 1.36. The highest BCUT2D eigenvalue weighted by molar-refractivity contribution is 8.77. The van der Waals surface area contributed by atoms with Gasteiger partial charge in [0.1, 0.15) is 0 Å². The number of carbonyl (C=O) groups excluding carboxylic acids is 1. The third-order valence-corrected chi connectivity index (χ3v) is 7.10. The Bertz CT molecular complexity index is 714. The zero-order chi connectivity index (χ0) is 18.0. The van der Waals surface area contributed by atoms with Crippen LogP contribution in [0, 0.1) is 0 Å². The van der Waals surface area contributed by atoms with E-state index in [0.29, 0.717) is 6.42 Å². The highest BCUT2D eigenvalue weighted by Gasteiger charge is 2.15. The van der Waals surface area contributed by atoms with E-state index >= 15 is 0 Å². The Hall–Kier alpha value is -1.79. The molecule has 136 valence electrons. The Morgan fingerprint density at radius 1 is 1.00 bits per heavy atom. The molecule has 1 saturated heterocycles. The van der Waals surface area contributed by atoms with Gasteiger partial charge in [0.2, 0.25) is 5.91 Å². The first-order valence-corrected chi connectivity index (χ1v) is 11.3. The molecule has 2 aromatic rings. The van der Waals surface area contributed by atoms with Gasteiger partial charge in [-0.3, -0.25) is 4.79 Å². The summed E-state index contributed by atoms with van der Waals surface area (Å²) in [5, 5.41) is 12.1. The monoisotopic (exact) mass is 385 g/mol. The first-order valence-electron chi connectivity index (χ1n) is 8.94. The predicted molar refractivity (Wildman–Crippen MR) is 113 cm³/mol. The van der Waals surface area contributed by atoms with Gasteiger partial charge in [0.25, 0.3) is 0 Å². The first kappa shape index (κ1) is 19.0. The predicted octanol–water partition coefficient (Wildman–Crippen LogP) is 6.75. The molecule has 1 N–H and O–H groups in total. The van der Waals surface area contributed by atoms with Gasteiger partial charge in [0.05, 0.1) is 11.4 Å². The van der Waals surface area contributed by atoms with E-state index in [9.17, 15) is 4.79 Å². The number of benzene rings is 2. The maximum atomic E-state index is 12.0. The zero-order valence-electron chi connectivity index (χ0n) is 14.6. The van der Waals surface area contributed by atoms with Gasteiger partial charge in [-0.1, -0.05) is 46.2 Å². The summed E-state index contributed by atoms with van der Waals surface area (Å²) in [6.07, 6.45) is 5.21. The molecule has 1 atom stereocenters. The number of carbonyl (C=O) groups is 1. The summed E-state index contributed by atoms with van der Waals surface area (Å²) in [5.41, 5.74) is 2.38. The zero-order valence-corrected chi connectivity index (χ0v) is 16.3. The van der Waals surface area contributed by atoms with Crippen LogP contribution in [0.25, 0.3) is 0 Å². The smallest absolute Gasteiger partial charge is 0.224 e. The molecule has 1 amide bonds. The molecule has 26 heavy (non-hydrogen) atoms. The molecule has 1 heterocycles. The van der Waals surface area contributed by atoms with E-state index in [0.717, 1.165) is 35.2 Å². The standard InChI is InChI=1S/C20H23N3OS2/c24-20(9-5-4-8-19-14-15-25-26-19)21-16-10-12-18(13-11-16)23-22-17-6-2-1-3-7-17/h1-3,6-7,10-13,19H,4-5,8-9,14-15H2,(H,21,24). The van der Waals surface area contributed by atoms with Crippen LogP contribution in [0.15, 0.2) is 64.8 Å². The van der Waals surface area contributed by atoms with E-state index in [4.69, 9.17) is 0 Å². The van der Waals surface area contributed by atoms with Crippen LogP contribution in [0.3, 0.4) is 0 Å². The molecule has 1 unspecified atom stereocenters. The largest absolute Gasteiger partial charge is 0.326 e. The van der Waals surface area contributed by atoms with E-state index in [1.54, 1.807) is 0 Å². The molecular formula is C20H23N3OS2. The molecule has 1 fully saturated rings. The maximum absolute atomic E-state index is 12.0. The van der Waals surface area contributed by atoms with Crippen molar-refractivity contribution in [1.29, 1.82) is 0 Å². The number of unbranched alkanes of at least 4 members (excludes halogenated alkanes) is 1. The third kappa shape index (κ3) is 6.50. The third-order valence-electron chi connectivity index (χ3n) is 4.10. The van der Waals surface area contributed by atoms with Crippen molar-refractivity contribution in [3.8, 4) is 0 Å². The molecule has 0 bridgehead atoms. The quantitative estimate of drug-likeness (QED) is 0.310. The van der Waals surface area contributed by atoms with E-state index in [1.165, 1.54) is 18.6 Å². The summed E-state index contributed by atoms with van der Waals surface area (Å²) in [6, 6.07) is 17.1. The van der Waals surface area contributed by atoms with Crippen molar-refractivity contribution in [2.45, 2.75) is 37.4 Å². The van der Waals surface area contributed by atoms with Crippen LogP contribution in [-0.2, 0) is 4.79 Å². The Kier molecular flexibility index (Phi) is 7.58. The van der Waals surface area contributed by atoms with Gasteiger partial charge in [-0.15, -0.1) is 0 Å². The average molecular weight is 386 g/mol. The van der Waals surface area contributed by atoms with Crippen LogP contribution < -0.4 is 5.32 Å². The number of nitrogens with zero attached hydrogens (tertiary/aromatic N) is 2. The fraction of sp³-hybridized carbons (Fsp3) is 0.350. The second-order valence-electron chi connectivity index (χ2n) is 6.21. The molecule has 1 aliphatic heterocycles. The SMILES string of the molecule is O=C(CCCCC1CCSS1)Nc1ccc(N=Nc2ccccc2)cc1. The number of azo groups is 1. The van der Waals surface area contributed by atoms with Crippen molar-refractivity contribution in [2.24, 2.45) is 10.2 Å². The molecule has 3 rings (SSSR count). The summed E-state index contributed by atoms with van der Waals surface area (Å²) in [4.78, 5) is 12.0. The number of nitrogens with one attached hydrogen (secondary N) is 1. The lowest BCUT2D eigenvalue weighted by Gasteiger charge is -2.07. The molecule has 2 aromatic carbocycles. The summed E-state index contributed by atoms with van der Waals surface area (Å²) in [6.45, 7) is 0. The Balaban J connectivity index is 1.39. The molecule has 0 saturated carbocycles. The van der Waals surface area contributed by atoms with Crippen molar-refractivity contribution < 1.29 is 4.79 Å². The Morgan fingerprint density at radius 3 is 2.42 bits per heavy atom. The molecule has 0 spiro atoms. The lowest BCUT2D eigenvalue weighted by atomic mass is 10.1. The van der Waals surface area contributed by atoms with Crippen LogP contribution in [-0.4, -0.2) is 16.9 Å². The second-order valence-corrected chi connectivity index (χ2v) is 8.99. The Morgan fingerprint density at radius 2 is 1.73 bits per heavy atom.